The molecule has 0 spiro atoms. The van der Waals surface area contributed by atoms with Gasteiger partial charge >= 0.3 is 7.12 Å². The first-order valence-electron chi connectivity index (χ1n) is 7.78. The molecule has 2 nitrogen and oxygen atoms in total. The zero-order valence-corrected chi connectivity index (χ0v) is 13.7. The predicted octanol–water partition coefficient (Wildman–Crippen LogP) is 3.50. The van der Waals surface area contributed by atoms with Crippen LogP contribution in [0.1, 0.15) is 59.1 Å². The fourth-order valence-corrected chi connectivity index (χ4v) is 2.61. The van der Waals surface area contributed by atoms with Gasteiger partial charge in [-0.05, 0) is 57.1 Å². The Morgan fingerprint density at radius 3 is 2.05 bits per heavy atom. The molecule has 110 valence electrons. The van der Waals surface area contributed by atoms with Crippen LogP contribution in [0.2, 0.25) is 0 Å². The molecule has 0 aliphatic carbocycles. The van der Waals surface area contributed by atoms with Gasteiger partial charge in [0.1, 0.15) is 0 Å². The van der Waals surface area contributed by atoms with Crippen LogP contribution in [0, 0.1) is 0 Å². The molecule has 1 aromatic carbocycles. The maximum absolute atomic E-state index is 6.13. The van der Waals surface area contributed by atoms with Crippen molar-refractivity contribution >= 4 is 12.6 Å². The number of rotatable bonds is 4. The highest BCUT2D eigenvalue weighted by molar-refractivity contribution is 6.62. The molecule has 0 radical (unpaired) electrons. The van der Waals surface area contributed by atoms with Crippen LogP contribution in [0.4, 0.5) is 0 Å². The minimum absolute atomic E-state index is 0.249. The molecule has 2 rings (SSSR count). The molecule has 1 aromatic rings. The van der Waals surface area contributed by atoms with E-state index in [2.05, 4.69) is 59.7 Å². The lowest BCUT2D eigenvalue weighted by atomic mass is 9.77. The highest BCUT2D eigenvalue weighted by atomic mass is 16.7. The molecule has 0 aromatic heterocycles. The topological polar surface area (TPSA) is 18.5 Å². The Hall–Kier alpha value is -0.795. The summed E-state index contributed by atoms with van der Waals surface area (Å²) in [5, 5.41) is 0. The number of benzene rings is 1. The third-order valence-electron chi connectivity index (χ3n) is 4.66. The van der Waals surface area contributed by atoms with E-state index < -0.39 is 0 Å². The van der Waals surface area contributed by atoms with Crippen molar-refractivity contribution in [2.24, 2.45) is 0 Å². The lowest BCUT2D eigenvalue weighted by Crippen LogP contribution is -2.41. The van der Waals surface area contributed by atoms with Gasteiger partial charge in [-0.2, -0.15) is 0 Å². The summed E-state index contributed by atoms with van der Waals surface area (Å²) in [4.78, 5) is 0. The predicted molar refractivity (Wildman–Crippen MR) is 85.5 cm³/mol. The first-order chi connectivity index (χ1) is 9.30. The summed E-state index contributed by atoms with van der Waals surface area (Å²) in [7, 11) is -0.249. The highest BCUT2D eigenvalue weighted by Gasteiger charge is 2.51. The van der Waals surface area contributed by atoms with E-state index in [9.17, 15) is 0 Å². The Labute approximate surface area is 124 Å². The summed E-state index contributed by atoms with van der Waals surface area (Å²) in [6.45, 7) is 12.8. The second kappa shape index (κ2) is 5.53. The third kappa shape index (κ3) is 2.80. The van der Waals surface area contributed by atoms with Gasteiger partial charge in [-0.15, -0.1) is 0 Å². The molecule has 1 fully saturated rings. The molecule has 3 heteroatoms. The van der Waals surface area contributed by atoms with Crippen molar-refractivity contribution in [2.75, 3.05) is 0 Å². The molecule has 0 saturated carbocycles. The van der Waals surface area contributed by atoms with Crippen molar-refractivity contribution in [2.45, 2.75) is 72.0 Å². The Morgan fingerprint density at radius 1 is 0.950 bits per heavy atom. The van der Waals surface area contributed by atoms with Crippen LogP contribution < -0.4 is 5.46 Å². The summed E-state index contributed by atoms with van der Waals surface area (Å²) < 4.78 is 12.3. The van der Waals surface area contributed by atoms with Gasteiger partial charge in [-0.3, -0.25) is 0 Å². The van der Waals surface area contributed by atoms with Crippen LogP contribution in [-0.2, 0) is 22.2 Å². The van der Waals surface area contributed by atoms with Crippen molar-refractivity contribution in [3.63, 3.8) is 0 Å². The Kier molecular flexibility index (Phi) is 4.31. The second-order valence-corrected chi connectivity index (χ2v) is 6.72. The molecule has 1 heterocycles. The largest absolute Gasteiger partial charge is 0.494 e. The normalized spacial score (nSPS) is 20.4. The minimum Gasteiger partial charge on any atom is -0.399 e. The number of hydrogen-bond donors (Lipinski definition) is 0. The van der Waals surface area contributed by atoms with Gasteiger partial charge in [-0.25, -0.2) is 0 Å². The fraction of sp³-hybridized carbons (Fsp3) is 0.647. The van der Waals surface area contributed by atoms with E-state index in [0.717, 1.165) is 18.3 Å². The standard InChI is InChI=1S/C17H27BO2/c1-7-9-14-10-11-15(12-13(14)8-2)18-19-16(3,4)17(5,6)20-18/h10-12H,7-9H2,1-6H3. The van der Waals surface area contributed by atoms with Crippen molar-refractivity contribution in [3.8, 4) is 0 Å². The molecule has 0 amide bonds. The summed E-state index contributed by atoms with van der Waals surface area (Å²) in [5.41, 5.74) is 3.47. The zero-order valence-electron chi connectivity index (χ0n) is 13.7. The lowest BCUT2D eigenvalue weighted by molar-refractivity contribution is 0.00578. The fourth-order valence-electron chi connectivity index (χ4n) is 2.61. The van der Waals surface area contributed by atoms with Gasteiger partial charge in [0.05, 0.1) is 11.2 Å². The first kappa shape index (κ1) is 15.6. The smallest absolute Gasteiger partial charge is 0.399 e. The zero-order chi connectivity index (χ0) is 15.0. The van der Waals surface area contributed by atoms with E-state index in [1.54, 1.807) is 0 Å². The van der Waals surface area contributed by atoms with Crippen LogP contribution in [0.25, 0.3) is 0 Å². The van der Waals surface area contributed by atoms with Crippen LogP contribution in [0.15, 0.2) is 18.2 Å². The first-order valence-corrected chi connectivity index (χ1v) is 7.78. The minimum atomic E-state index is -0.272. The highest BCUT2D eigenvalue weighted by Crippen LogP contribution is 2.36. The number of aryl methyl sites for hydroxylation is 2. The molecule has 0 bridgehead atoms. The lowest BCUT2D eigenvalue weighted by Gasteiger charge is -2.32. The average molecular weight is 274 g/mol. The molecular formula is C17H27BO2. The quantitative estimate of drug-likeness (QED) is 0.782. The van der Waals surface area contributed by atoms with Gasteiger partial charge < -0.3 is 9.31 Å². The molecule has 0 unspecified atom stereocenters. The van der Waals surface area contributed by atoms with Gasteiger partial charge in [-0.1, -0.05) is 38.5 Å². The van der Waals surface area contributed by atoms with Gasteiger partial charge in [0.2, 0.25) is 0 Å². The Bertz CT molecular complexity index is 464. The van der Waals surface area contributed by atoms with E-state index in [-0.39, 0.29) is 18.3 Å². The molecule has 1 aliphatic heterocycles. The molecular weight excluding hydrogens is 247 g/mol. The summed E-state index contributed by atoms with van der Waals surface area (Å²) in [6.07, 6.45) is 3.39. The van der Waals surface area contributed by atoms with Crippen molar-refractivity contribution in [1.29, 1.82) is 0 Å². The monoisotopic (exact) mass is 274 g/mol. The van der Waals surface area contributed by atoms with Crippen LogP contribution in [0.5, 0.6) is 0 Å². The van der Waals surface area contributed by atoms with Crippen LogP contribution >= 0.6 is 0 Å². The van der Waals surface area contributed by atoms with E-state index in [1.807, 2.05) is 0 Å². The van der Waals surface area contributed by atoms with E-state index in [4.69, 9.17) is 9.31 Å². The number of hydrogen-bond acceptors (Lipinski definition) is 2. The molecule has 1 saturated heterocycles. The SMILES string of the molecule is CCCc1ccc(B2OC(C)(C)C(C)(C)O2)cc1CC. The van der Waals surface area contributed by atoms with Crippen molar-refractivity contribution in [3.05, 3.63) is 29.3 Å². The summed E-state index contributed by atoms with van der Waals surface area (Å²) in [6, 6.07) is 6.65. The molecule has 1 aliphatic rings. The Balaban J connectivity index is 2.27. The second-order valence-electron chi connectivity index (χ2n) is 6.72. The van der Waals surface area contributed by atoms with Crippen molar-refractivity contribution in [1.82, 2.24) is 0 Å². The summed E-state index contributed by atoms with van der Waals surface area (Å²) >= 11 is 0. The average Bonchev–Trinajstić information content (AvgIpc) is 2.59. The van der Waals surface area contributed by atoms with Gasteiger partial charge in [0.25, 0.3) is 0 Å². The van der Waals surface area contributed by atoms with E-state index >= 15 is 0 Å². The Morgan fingerprint density at radius 2 is 1.55 bits per heavy atom. The van der Waals surface area contributed by atoms with E-state index in [1.165, 1.54) is 17.5 Å². The molecule has 0 N–H and O–H groups in total. The van der Waals surface area contributed by atoms with Gasteiger partial charge in [0, 0.05) is 0 Å². The van der Waals surface area contributed by atoms with Crippen LogP contribution in [-0.4, -0.2) is 18.3 Å². The maximum atomic E-state index is 6.13. The molecule has 0 atom stereocenters. The van der Waals surface area contributed by atoms with E-state index in [0.29, 0.717) is 0 Å². The maximum Gasteiger partial charge on any atom is 0.494 e. The van der Waals surface area contributed by atoms with Crippen LogP contribution in [0.3, 0.4) is 0 Å². The molecule has 20 heavy (non-hydrogen) atoms. The third-order valence-corrected chi connectivity index (χ3v) is 4.66. The van der Waals surface area contributed by atoms with Gasteiger partial charge in [0.15, 0.2) is 0 Å². The summed E-state index contributed by atoms with van der Waals surface area (Å²) in [5.74, 6) is 0. The van der Waals surface area contributed by atoms with Crippen molar-refractivity contribution < 1.29 is 9.31 Å².